The van der Waals surface area contributed by atoms with Gasteiger partial charge in [0.1, 0.15) is 0 Å². The van der Waals surface area contributed by atoms with Crippen molar-refractivity contribution in [2.45, 2.75) is 13.1 Å². The van der Waals surface area contributed by atoms with E-state index < -0.39 is 6.17 Å². The number of nitrogens with zero attached hydrogens (tertiary/aromatic N) is 2. The largest absolute Gasteiger partial charge is 0.462 e. The number of anilines is 2. The van der Waals surface area contributed by atoms with E-state index in [1.165, 1.54) is 0 Å². The van der Waals surface area contributed by atoms with Crippen molar-refractivity contribution in [3.63, 3.8) is 0 Å². The summed E-state index contributed by atoms with van der Waals surface area (Å²) in [5.41, 5.74) is 3.28. The molecule has 6 heteroatoms. The number of amides is 1. The number of hydrogen-bond acceptors (Lipinski definition) is 5. The Bertz CT molecular complexity index is 1000. The van der Waals surface area contributed by atoms with Gasteiger partial charge in [-0.25, -0.2) is 4.79 Å². The van der Waals surface area contributed by atoms with Crippen LogP contribution in [-0.4, -0.2) is 23.5 Å². The zero-order valence-electron chi connectivity index (χ0n) is 15.3. The van der Waals surface area contributed by atoms with E-state index in [4.69, 9.17) is 4.74 Å². The van der Waals surface area contributed by atoms with Crippen molar-refractivity contribution in [2.75, 3.05) is 16.8 Å². The Hall–Kier alpha value is -3.67. The van der Waals surface area contributed by atoms with Gasteiger partial charge in [-0.1, -0.05) is 18.2 Å². The number of fused-ring (bicyclic) bond motifs is 1. The van der Waals surface area contributed by atoms with Crippen molar-refractivity contribution in [2.24, 2.45) is 0 Å². The molecule has 1 aliphatic rings. The van der Waals surface area contributed by atoms with E-state index in [2.05, 4.69) is 10.3 Å². The average Bonchev–Trinajstić information content (AvgIpc) is 3.01. The Morgan fingerprint density at radius 1 is 1.07 bits per heavy atom. The highest BCUT2D eigenvalue weighted by Crippen LogP contribution is 2.36. The molecule has 0 spiro atoms. The number of aromatic nitrogens is 1. The van der Waals surface area contributed by atoms with E-state index in [9.17, 15) is 9.59 Å². The van der Waals surface area contributed by atoms with Crippen LogP contribution in [0.1, 0.15) is 39.5 Å². The standard InChI is InChI=1S/C22H19N3O3/c1-2-28-22(27)15-10-12-16(13-11-15)24-20-19-18(9-6-14-23-19)21(26)25(20)17-7-4-3-5-8-17/h3-14,20,24H,2H2,1H3. The average molecular weight is 373 g/mol. The molecule has 0 radical (unpaired) electrons. The summed E-state index contributed by atoms with van der Waals surface area (Å²) in [5, 5.41) is 3.36. The van der Waals surface area contributed by atoms with Crippen molar-refractivity contribution in [3.05, 3.63) is 89.7 Å². The summed E-state index contributed by atoms with van der Waals surface area (Å²) in [4.78, 5) is 31.0. The van der Waals surface area contributed by atoms with E-state index >= 15 is 0 Å². The van der Waals surface area contributed by atoms with Crippen molar-refractivity contribution >= 4 is 23.3 Å². The van der Waals surface area contributed by atoms with Crippen LogP contribution in [0.15, 0.2) is 72.9 Å². The van der Waals surface area contributed by atoms with Crippen molar-refractivity contribution in [1.82, 2.24) is 4.98 Å². The Morgan fingerprint density at radius 3 is 2.54 bits per heavy atom. The lowest BCUT2D eigenvalue weighted by molar-refractivity contribution is 0.0526. The number of rotatable bonds is 5. The highest BCUT2D eigenvalue weighted by molar-refractivity contribution is 6.11. The van der Waals surface area contributed by atoms with Crippen LogP contribution in [0, 0.1) is 0 Å². The normalized spacial score (nSPS) is 15.2. The second-order valence-electron chi connectivity index (χ2n) is 6.29. The minimum absolute atomic E-state index is 0.102. The fraction of sp³-hybridized carbons (Fsp3) is 0.136. The van der Waals surface area contributed by atoms with E-state index in [0.29, 0.717) is 23.4 Å². The number of carbonyl (C=O) groups is 2. The molecule has 2 heterocycles. The Balaban J connectivity index is 1.66. The summed E-state index contributed by atoms with van der Waals surface area (Å²) in [7, 11) is 0. The fourth-order valence-corrected chi connectivity index (χ4v) is 3.25. The van der Waals surface area contributed by atoms with Gasteiger partial charge >= 0.3 is 5.97 Å². The van der Waals surface area contributed by atoms with Crippen LogP contribution in [0.25, 0.3) is 0 Å². The Morgan fingerprint density at radius 2 is 1.82 bits per heavy atom. The SMILES string of the molecule is CCOC(=O)c1ccc(NC2c3ncccc3C(=O)N2c2ccccc2)cc1. The van der Waals surface area contributed by atoms with Gasteiger partial charge in [-0.2, -0.15) is 0 Å². The third kappa shape index (κ3) is 3.20. The first-order valence-electron chi connectivity index (χ1n) is 9.06. The molecular formula is C22H19N3O3. The molecule has 3 aromatic rings. The lowest BCUT2D eigenvalue weighted by atomic mass is 10.2. The van der Waals surface area contributed by atoms with Crippen LogP contribution >= 0.6 is 0 Å². The molecule has 1 atom stereocenters. The van der Waals surface area contributed by atoms with E-state index in [-0.39, 0.29) is 11.9 Å². The molecule has 1 unspecified atom stereocenters. The first kappa shape index (κ1) is 17.7. The molecule has 28 heavy (non-hydrogen) atoms. The van der Waals surface area contributed by atoms with Gasteiger partial charge < -0.3 is 10.1 Å². The fourth-order valence-electron chi connectivity index (χ4n) is 3.25. The summed E-state index contributed by atoms with van der Waals surface area (Å²) >= 11 is 0. The summed E-state index contributed by atoms with van der Waals surface area (Å²) < 4.78 is 5.01. The molecule has 0 saturated heterocycles. The van der Waals surface area contributed by atoms with Crippen molar-refractivity contribution < 1.29 is 14.3 Å². The van der Waals surface area contributed by atoms with E-state index in [1.54, 1.807) is 54.4 Å². The van der Waals surface area contributed by atoms with E-state index in [0.717, 1.165) is 11.4 Å². The minimum Gasteiger partial charge on any atom is -0.462 e. The highest BCUT2D eigenvalue weighted by Gasteiger charge is 2.38. The summed E-state index contributed by atoms with van der Waals surface area (Å²) in [6, 6.07) is 20.0. The van der Waals surface area contributed by atoms with E-state index in [1.807, 2.05) is 30.3 Å². The molecular weight excluding hydrogens is 354 g/mol. The second kappa shape index (κ2) is 7.52. The first-order valence-corrected chi connectivity index (χ1v) is 9.06. The van der Waals surface area contributed by atoms with Gasteiger partial charge in [-0.3, -0.25) is 14.7 Å². The maximum absolute atomic E-state index is 13.0. The molecule has 0 bridgehead atoms. The maximum Gasteiger partial charge on any atom is 0.338 e. The predicted molar refractivity (Wildman–Crippen MR) is 106 cm³/mol. The van der Waals surface area contributed by atoms with Crippen LogP contribution in [0.2, 0.25) is 0 Å². The summed E-state index contributed by atoms with van der Waals surface area (Å²) in [5.74, 6) is -0.460. The van der Waals surface area contributed by atoms with Gasteiger partial charge in [0.2, 0.25) is 0 Å². The van der Waals surface area contributed by atoms with Gasteiger partial charge in [-0.05, 0) is 55.5 Å². The molecule has 140 valence electrons. The topological polar surface area (TPSA) is 71.5 Å². The molecule has 1 amide bonds. The lowest BCUT2D eigenvalue weighted by Gasteiger charge is -2.26. The molecule has 1 aliphatic heterocycles. The number of hydrogen-bond donors (Lipinski definition) is 1. The molecule has 2 aromatic carbocycles. The number of carbonyl (C=O) groups excluding carboxylic acids is 2. The third-order valence-electron chi connectivity index (χ3n) is 4.54. The van der Waals surface area contributed by atoms with Gasteiger partial charge in [0.15, 0.2) is 6.17 Å². The van der Waals surface area contributed by atoms with Gasteiger partial charge in [0, 0.05) is 17.6 Å². The Kier molecular flexibility index (Phi) is 4.76. The van der Waals surface area contributed by atoms with Crippen molar-refractivity contribution in [1.29, 1.82) is 0 Å². The smallest absolute Gasteiger partial charge is 0.338 e. The molecule has 1 aromatic heterocycles. The molecule has 0 aliphatic carbocycles. The molecule has 0 fully saturated rings. The maximum atomic E-state index is 13.0. The van der Waals surface area contributed by atoms with Gasteiger partial charge in [-0.15, -0.1) is 0 Å². The molecule has 1 N–H and O–H groups in total. The van der Waals surface area contributed by atoms with Crippen molar-refractivity contribution in [3.8, 4) is 0 Å². The zero-order valence-corrected chi connectivity index (χ0v) is 15.3. The summed E-state index contributed by atoms with van der Waals surface area (Å²) in [6.45, 7) is 2.10. The van der Waals surface area contributed by atoms with Crippen LogP contribution in [0.4, 0.5) is 11.4 Å². The number of ether oxygens (including phenoxy) is 1. The Labute approximate surface area is 162 Å². The lowest BCUT2D eigenvalue weighted by Crippen LogP contribution is -2.32. The van der Waals surface area contributed by atoms with Crippen LogP contribution in [0.5, 0.6) is 0 Å². The number of benzene rings is 2. The van der Waals surface area contributed by atoms with Crippen LogP contribution in [0.3, 0.4) is 0 Å². The predicted octanol–water partition coefficient (Wildman–Crippen LogP) is 4.03. The molecule has 4 rings (SSSR count). The van der Waals surface area contributed by atoms with Crippen LogP contribution in [-0.2, 0) is 4.74 Å². The summed E-state index contributed by atoms with van der Waals surface area (Å²) in [6.07, 6.45) is 1.23. The molecule has 0 saturated carbocycles. The molecule has 6 nitrogen and oxygen atoms in total. The number of pyridine rings is 1. The second-order valence-corrected chi connectivity index (χ2v) is 6.29. The quantitative estimate of drug-likeness (QED) is 0.684. The third-order valence-corrected chi connectivity index (χ3v) is 4.54. The minimum atomic E-state index is -0.445. The number of para-hydroxylation sites is 1. The van der Waals surface area contributed by atoms with Crippen LogP contribution < -0.4 is 10.2 Å². The first-order chi connectivity index (χ1) is 13.7. The number of nitrogens with one attached hydrogen (secondary N) is 1. The van der Waals surface area contributed by atoms with Gasteiger partial charge in [0.05, 0.1) is 23.4 Å². The number of esters is 1. The zero-order chi connectivity index (χ0) is 19.5. The monoisotopic (exact) mass is 373 g/mol. The highest BCUT2D eigenvalue weighted by atomic mass is 16.5. The van der Waals surface area contributed by atoms with Gasteiger partial charge in [0.25, 0.3) is 5.91 Å².